The largest absolute Gasteiger partial charge is 0.492 e. The van der Waals surface area contributed by atoms with Crippen molar-refractivity contribution in [1.29, 1.82) is 0 Å². The van der Waals surface area contributed by atoms with Crippen LogP contribution in [0.5, 0.6) is 11.5 Å². The van der Waals surface area contributed by atoms with Crippen LogP contribution in [-0.4, -0.2) is 52.4 Å². The van der Waals surface area contributed by atoms with Crippen molar-refractivity contribution in [2.75, 3.05) is 26.8 Å². The number of carbonyl (C=O) groups is 1. The Morgan fingerprint density at radius 2 is 1.94 bits per heavy atom. The van der Waals surface area contributed by atoms with Crippen molar-refractivity contribution in [3.05, 3.63) is 52.0 Å². The third-order valence-electron chi connectivity index (χ3n) is 5.64. The number of nitrogens with two attached hydrogens (primary N) is 1. The van der Waals surface area contributed by atoms with Crippen molar-refractivity contribution in [1.82, 2.24) is 4.90 Å². The number of methoxy groups -OCH3 is 1. The highest BCUT2D eigenvalue weighted by molar-refractivity contribution is 7.87. The number of likely N-dealkylation sites (tertiary alicyclic amines) is 1. The lowest BCUT2D eigenvalue weighted by Crippen LogP contribution is -2.33. The van der Waals surface area contributed by atoms with E-state index in [1.54, 1.807) is 32.3 Å². The second-order valence-corrected chi connectivity index (χ2v) is 9.70. The molecule has 2 aromatic rings. The molecule has 1 aliphatic rings. The number of hydrazone groups is 1. The van der Waals surface area contributed by atoms with Gasteiger partial charge in [0.1, 0.15) is 11.2 Å². The third-order valence-corrected chi connectivity index (χ3v) is 7.37. The van der Waals surface area contributed by atoms with E-state index in [9.17, 15) is 13.2 Å². The van der Waals surface area contributed by atoms with Gasteiger partial charge < -0.3 is 24.4 Å². The molecule has 0 radical (unpaired) electrons. The summed E-state index contributed by atoms with van der Waals surface area (Å²) in [5.41, 5.74) is 1.44. The van der Waals surface area contributed by atoms with Crippen molar-refractivity contribution in [2.24, 2.45) is 10.9 Å². The van der Waals surface area contributed by atoms with Crippen LogP contribution in [0.15, 0.2) is 40.3 Å². The Labute approximate surface area is 216 Å². The lowest BCUT2D eigenvalue weighted by atomic mass is 9.84. The number of halogens is 2. The summed E-state index contributed by atoms with van der Waals surface area (Å²) in [7, 11) is -2.86. The molecule has 2 aromatic carbocycles. The van der Waals surface area contributed by atoms with E-state index in [1.165, 1.54) is 25.3 Å². The maximum Gasteiger partial charge on any atom is 0.340 e. The Morgan fingerprint density at radius 3 is 2.51 bits per heavy atom. The second-order valence-electron chi connectivity index (χ2n) is 7.78. The number of nitrogens with zero attached hydrogens (tertiary/aromatic N) is 2. The fourth-order valence-electron chi connectivity index (χ4n) is 4.14. The van der Waals surface area contributed by atoms with Crippen LogP contribution in [0.2, 0.25) is 5.02 Å². The lowest BCUT2D eigenvalue weighted by molar-refractivity contribution is 0.0522. The summed E-state index contributed by atoms with van der Waals surface area (Å²) in [5, 5.41) is 3.61. The van der Waals surface area contributed by atoms with E-state index in [0.29, 0.717) is 42.6 Å². The van der Waals surface area contributed by atoms with Crippen LogP contribution in [0.25, 0.3) is 0 Å². The summed E-state index contributed by atoms with van der Waals surface area (Å²) in [4.78, 5) is 14.7. The molecule has 192 valence electrons. The van der Waals surface area contributed by atoms with Gasteiger partial charge in [-0.25, -0.2) is 4.79 Å². The molecule has 0 atom stereocenters. The van der Waals surface area contributed by atoms with Crippen molar-refractivity contribution in [3.8, 4) is 11.5 Å². The monoisotopic (exact) mass is 545 g/mol. The third kappa shape index (κ3) is 6.31. The zero-order valence-electron chi connectivity index (χ0n) is 19.7. The Morgan fingerprint density at radius 1 is 1.29 bits per heavy atom. The molecule has 1 fully saturated rings. The highest BCUT2D eigenvalue weighted by Crippen LogP contribution is 2.45. The van der Waals surface area contributed by atoms with Crippen LogP contribution in [0.3, 0.4) is 0 Å². The van der Waals surface area contributed by atoms with Crippen LogP contribution in [0, 0.1) is 6.92 Å². The minimum Gasteiger partial charge on any atom is -0.492 e. The first-order valence-corrected chi connectivity index (χ1v) is 12.6. The van der Waals surface area contributed by atoms with Gasteiger partial charge in [-0.3, -0.25) is 0 Å². The minimum absolute atomic E-state index is 0. The van der Waals surface area contributed by atoms with Crippen LogP contribution < -0.4 is 14.8 Å². The Balaban J connectivity index is 0.00000432. The molecule has 9 nitrogen and oxygen atoms in total. The molecule has 0 saturated carbocycles. The number of esters is 1. The average Bonchev–Trinajstić information content (AvgIpc) is 2.79. The van der Waals surface area contributed by atoms with Gasteiger partial charge >= 0.3 is 16.1 Å². The fraction of sp³-hybridized carbons (Fsp3) is 0.391. The lowest BCUT2D eigenvalue weighted by Gasteiger charge is -2.32. The summed E-state index contributed by atoms with van der Waals surface area (Å²) < 4.78 is 42.6. The standard InChI is InChI=1S/C23H28ClN3O6S.ClH/c1-4-32-23(28)20-15(2)13-18(33-34(29,30)19-8-6-5-7-17(19)24)22(31-3)21(20)16-9-11-27(12-10-16)14-26-25;/h5-8,13-14,16H,4,9-12,25H2,1-3H3;1H. The SMILES string of the molecule is CCOC(=O)c1c(C)cc(OS(=O)(=O)c2ccccc2Cl)c(OC)c1C1CCN(C=NN)CC1.Cl. The summed E-state index contributed by atoms with van der Waals surface area (Å²) >= 11 is 6.10. The van der Waals surface area contributed by atoms with E-state index in [0.717, 1.165) is 0 Å². The highest BCUT2D eigenvalue weighted by Gasteiger charge is 2.33. The number of rotatable bonds is 8. The fourth-order valence-corrected chi connectivity index (χ4v) is 5.56. The molecule has 12 heteroatoms. The normalized spacial score (nSPS) is 14.5. The molecule has 3 rings (SSSR count). The summed E-state index contributed by atoms with van der Waals surface area (Å²) in [6.45, 7) is 4.94. The molecule has 2 N–H and O–H groups in total. The van der Waals surface area contributed by atoms with Gasteiger partial charge in [0.25, 0.3) is 0 Å². The molecule has 1 saturated heterocycles. The molecule has 0 aromatic heterocycles. The second kappa shape index (κ2) is 12.3. The summed E-state index contributed by atoms with van der Waals surface area (Å²) in [5.74, 6) is 4.82. The highest BCUT2D eigenvalue weighted by atomic mass is 35.5. The number of piperidine rings is 1. The predicted octanol–water partition coefficient (Wildman–Crippen LogP) is 4.10. The first kappa shape index (κ1) is 28.5. The zero-order chi connectivity index (χ0) is 24.9. The number of carbonyl (C=O) groups excluding carboxylic acids is 1. The summed E-state index contributed by atoms with van der Waals surface area (Å²) in [6, 6.07) is 7.48. The van der Waals surface area contributed by atoms with E-state index in [-0.39, 0.29) is 46.3 Å². The quantitative estimate of drug-likeness (QED) is 0.131. The first-order valence-electron chi connectivity index (χ1n) is 10.8. The first-order chi connectivity index (χ1) is 16.2. The molecule has 1 aliphatic heterocycles. The van der Waals surface area contributed by atoms with Crippen LogP contribution in [-0.2, 0) is 14.9 Å². The molecule has 1 heterocycles. The molecule has 0 spiro atoms. The van der Waals surface area contributed by atoms with Gasteiger partial charge in [-0.1, -0.05) is 23.7 Å². The van der Waals surface area contributed by atoms with Gasteiger partial charge in [-0.2, -0.15) is 13.5 Å². The van der Waals surface area contributed by atoms with Crippen molar-refractivity contribution in [3.63, 3.8) is 0 Å². The minimum atomic E-state index is -4.27. The Hall–Kier alpha value is -2.69. The van der Waals surface area contributed by atoms with Gasteiger partial charge in [0, 0.05) is 18.7 Å². The van der Waals surface area contributed by atoms with Crippen molar-refractivity contribution in [2.45, 2.75) is 37.5 Å². The summed E-state index contributed by atoms with van der Waals surface area (Å²) in [6.07, 6.45) is 2.89. The maximum atomic E-state index is 13.0. The smallest absolute Gasteiger partial charge is 0.340 e. The van der Waals surface area contributed by atoms with Crippen LogP contribution >= 0.6 is 24.0 Å². The van der Waals surface area contributed by atoms with E-state index in [1.807, 2.05) is 4.90 Å². The molecular formula is C23H29Cl2N3O6S. The Kier molecular flexibility index (Phi) is 10.1. The number of ether oxygens (including phenoxy) is 2. The number of benzene rings is 2. The van der Waals surface area contributed by atoms with Gasteiger partial charge in [-0.05, 0) is 56.4 Å². The van der Waals surface area contributed by atoms with Gasteiger partial charge in [0.15, 0.2) is 11.5 Å². The van der Waals surface area contributed by atoms with Crippen molar-refractivity contribution < 1.29 is 26.9 Å². The molecule has 0 bridgehead atoms. The van der Waals surface area contributed by atoms with E-state index >= 15 is 0 Å². The van der Waals surface area contributed by atoms with Gasteiger partial charge in [0.2, 0.25) is 0 Å². The average molecular weight is 546 g/mol. The molecule has 0 unspecified atom stereocenters. The number of hydrogen-bond acceptors (Lipinski definition) is 8. The predicted molar refractivity (Wildman–Crippen MR) is 136 cm³/mol. The van der Waals surface area contributed by atoms with Gasteiger partial charge in [0.05, 0.1) is 24.3 Å². The molecule has 0 amide bonds. The van der Waals surface area contributed by atoms with E-state index < -0.39 is 16.1 Å². The number of aryl methyl sites for hydroxylation is 1. The van der Waals surface area contributed by atoms with Crippen LogP contribution in [0.1, 0.15) is 47.2 Å². The van der Waals surface area contributed by atoms with E-state index in [2.05, 4.69) is 5.10 Å². The molecule has 0 aliphatic carbocycles. The van der Waals surface area contributed by atoms with Gasteiger partial charge in [-0.15, -0.1) is 12.4 Å². The topological polar surface area (TPSA) is 121 Å². The molecular weight excluding hydrogens is 517 g/mol. The number of hydrogen-bond donors (Lipinski definition) is 1. The Bertz CT molecular complexity index is 1180. The molecule has 35 heavy (non-hydrogen) atoms. The maximum absolute atomic E-state index is 13.0. The van der Waals surface area contributed by atoms with Crippen LogP contribution in [0.4, 0.5) is 0 Å². The van der Waals surface area contributed by atoms with Crippen molar-refractivity contribution >= 4 is 46.4 Å². The zero-order valence-corrected chi connectivity index (χ0v) is 22.1. The van der Waals surface area contributed by atoms with E-state index in [4.69, 9.17) is 31.1 Å².